The van der Waals surface area contributed by atoms with Crippen LogP contribution in [0.25, 0.3) is 0 Å². The van der Waals surface area contributed by atoms with Gasteiger partial charge in [0.1, 0.15) is 11.8 Å². The number of hydrogen-bond acceptors (Lipinski definition) is 4. The third-order valence-corrected chi connectivity index (χ3v) is 10.2. The number of fused-ring (bicyclic) bond motifs is 1. The normalized spacial score (nSPS) is 17.2. The van der Waals surface area contributed by atoms with Gasteiger partial charge in [0.15, 0.2) is 5.78 Å². The Morgan fingerprint density at radius 1 is 0.814 bits per heavy atom. The van der Waals surface area contributed by atoms with Crippen molar-refractivity contribution in [2.45, 2.75) is 76.2 Å². The Hall–Kier alpha value is -3.61. The number of ketones is 1. The maximum atomic E-state index is 14.6. The molecule has 7 heteroatoms. The summed E-state index contributed by atoms with van der Waals surface area (Å²) in [7, 11) is -4.17. The Morgan fingerprint density at radius 3 is 1.88 bits per heavy atom. The Bertz CT molecular complexity index is 1760. The number of aryl methyl sites for hydroxylation is 1. The maximum absolute atomic E-state index is 14.6. The van der Waals surface area contributed by atoms with Crippen LogP contribution in [0.5, 0.6) is 5.75 Å². The molecule has 1 N–H and O–H groups in total. The number of nitrogens with zero attached hydrogens (tertiary/aromatic N) is 1. The number of phenolic OH excluding ortho intramolecular Hbond substituents is 1. The largest absolute Gasteiger partial charge is 0.507 e. The summed E-state index contributed by atoms with van der Waals surface area (Å²) in [5.41, 5.74) is 3.91. The van der Waals surface area contributed by atoms with Crippen LogP contribution in [0.15, 0.2) is 89.8 Å². The molecular formula is C36H38ClNO4S. The first-order chi connectivity index (χ1) is 20.0. The maximum Gasteiger partial charge on any atom is 0.265 e. The number of Topliss-reactive ketones (excluding diaryl/α,β-unsaturated/α-hetero) is 1. The summed E-state index contributed by atoms with van der Waals surface area (Å²) in [5, 5.41) is 11.9. The average molecular weight is 616 g/mol. The highest BCUT2D eigenvalue weighted by atomic mass is 35.5. The minimum Gasteiger partial charge on any atom is -0.507 e. The highest BCUT2D eigenvalue weighted by molar-refractivity contribution is 7.93. The second-order valence-corrected chi connectivity index (χ2v) is 15.7. The molecule has 1 aliphatic rings. The van der Waals surface area contributed by atoms with Gasteiger partial charge in [0.05, 0.1) is 10.6 Å². The van der Waals surface area contributed by atoms with E-state index < -0.39 is 32.8 Å². The van der Waals surface area contributed by atoms with Gasteiger partial charge < -0.3 is 5.11 Å². The lowest BCUT2D eigenvalue weighted by atomic mass is 9.75. The van der Waals surface area contributed by atoms with Gasteiger partial charge >= 0.3 is 0 Å². The summed E-state index contributed by atoms with van der Waals surface area (Å²) in [4.78, 5) is 14.7. The minimum atomic E-state index is -4.17. The first-order valence-electron chi connectivity index (χ1n) is 14.4. The number of sulfonamides is 1. The molecule has 1 heterocycles. The van der Waals surface area contributed by atoms with Gasteiger partial charge in [-0.1, -0.05) is 101 Å². The first-order valence-corrected chi connectivity index (χ1v) is 16.2. The van der Waals surface area contributed by atoms with Gasteiger partial charge in [-0.05, 0) is 82.5 Å². The van der Waals surface area contributed by atoms with E-state index in [2.05, 4.69) is 0 Å². The van der Waals surface area contributed by atoms with Crippen molar-refractivity contribution in [3.05, 3.63) is 123 Å². The van der Waals surface area contributed by atoms with E-state index >= 15 is 0 Å². The third-order valence-electron chi connectivity index (χ3n) is 8.16. The summed E-state index contributed by atoms with van der Waals surface area (Å²) in [5.74, 6) is -0.751. The molecule has 2 atom stereocenters. The molecule has 0 aliphatic carbocycles. The van der Waals surface area contributed by atoms with E-state index in [4.69, 9.17) is 11.6 Å². The van der Waals surface area contributed by atoms with E-state index in [0.29, 0.717) is 16.3 Å². The van der Waals surface area contributed by atoms with E-state index in [1.54, 1.807) is 60.7 Å². The number of rotatable bonds is 5. The number of anilines is 1. The van der Waals surface area contributed by atoms with Gasteiger partial charge in [0.2, 0.25) is 0 Å². The van der Waals surface area contributed by atoms with Crippen molar-refractivity contribution in [1.82, 2.24) is 0 Å². The molecule has 0 saturated heterocycles. The zero-order valence-electron chi connectivity index (χ0n) is 25.6. The van der Waals surface area contributed by atoms with Crippen LogP contribution in [0.1, 0.15) is 85.6 Å². The fourth-order valence-electron chi connectivity index (χ4n) is 5.89. The molecule has 43 heavy (non-hydrogen) atoms. The van der Waals surface area contributed by atoms with E-state index in [1.165, 1.54) is 4.31 Å². The molecular weight excluding hydrogens is 578 g/mol. The fourth-order valence-corrected chi connectivity index (χ4v) is 7.67. The topological polar surface area (TPSA) is 74.7 Å². The molecule has 0 saturated carbocycles. The van der Waals surface area contributed by atoms with Crippen molar-refractivity contribution in [1.29, 1.82) is 0 Å². The highest BCUT2D eigenvalue weighted by Gasteiger charge is 2.49. The second-order valence-electron chi connectivity index (χ2n) is 13.4. The third kappa shape index (κ3) is 5.59. The predicted octanol–water partition coefficient (Wildman–Crippen LogP) is 8.54. The number of hydrogen-bond donors (Lipinski definition) is 1. The quantitative estimate of drug-likeness (QED) is 0.228. The number of carbonyl (C=O) groups excluding carboxylic acids is 1. The summed E-state index contributed by atoms with van der Waals surface area (Å²) in [6.07, 6.45) is 0. The van der Waals surface area contributed by atoms with E-state index in [9.17, 15) is 18.3 Å². The zero-order chi connectivity index (χ0) is 31.5. The van der Waals surface area contributed by atoms with Crippen molar-refractivity contribution in [3.8, 4) is 5.75 Å². The molecule has 5 nitrogen and oxygen atoms in total. The summed E-state index contributed by atoms with van der Waals surface area (Å²) in [6.45, 7) is 14.1. The van der Waals surface area contributed by atoms with Crippen molar-refractivity contribution in [2.75, 3.05) is 4.31 Å². The van der Waals surface area contributed by atoms with Gasteiger partial charge in [-0.15, -0.1) is 0 Å². The molecule has 224 valence electrons. The first kappa shape index (κ1) is 30.8. The number of para-hydroxylation sites is 1. The molecule has 0 bridgehead atoms. The summed E-state index contributed by atoms with van der Waals surface area (Å²) >= 11 is 6.16. The summed E-state index contributed by atoms with van der Waals surface area (Å²) < 4.78 is 30.3. The number of phenols is 1. The molecule has 0 radical (unpaired) electrons. The van der Waals surface area contributed by atoms with E-state index in [0.717, 1.165) is 27.8 Å². The average Bonchev–Trinajstić information content (AvgIpc) is 3.28. The smallest absolute Gasteiger partial charge is 0.265 e. The Morgan fingerprint density at radius 2 is 1.35 bits per heavy atom. The Labute approximate surface area is 260 Å². The molecule has 0 amide bonds. The van der Waals surface area contributed by atoms with Crippen molar-refractivity contribution in [2.24, 2.45) is 0 Å². The van der Waals surface area contributed by atoms with Gasteiger partial charge in [-0.3, -0.25) is 9.10 Å². The zero-order valence-corrected chi connectivity index (χ0v) is 27.2. The predicted molar refractivity (Wildman–Crippen MR) is 174 cm³/mol. The van der Waals surface area contributed by atoms with Gasteiger partial charge in [0.25, 0.3) is 10.0 Å². The lowest BCUT2D eigenvalue weighted by Gasteiger charge is -2.32. The van der Waals surface area contributed by atoms with Crippen LogP contribution in [-0.2, 0) is 20.9 Å². The van der Waals surface area contributed by atoms with Crippen LogP contribution in [0.4, 0.5) is 5.69 Å². The van der Waals surface area contributed by atoms with E-state index in [1.807, 2.05) is 72.7 Å². The SMILES string of the molecule is Cc1ccc(S(=O)(=O)N2c3ccccc3[C@@H](c3cc(C(C)(C)C)c(O)c(C(C)(C)C)c3)[C@@H]2C(=O)c2ccc(Cl)cc2)cc1. The fraction of sp³-hybridized carbons (Fsp3) is 0.306. The van der Waals surface area contributed by atoms with Gasteiger partial charge in [0, 0.05) is 16.5 Å². The molecule has 5 rings (SSSR count). The molecule has 0 fully saturated rings. The molecule has 0 aromatic heterocycles. The molecule has 4 aromatic carbocycles. The van der Waals surface area contributed by atoms with Crippen LogP contribution in [-0.4, -0.2) is 25.3 Å². The monoisotopic (exact) mass is 615 g/mol. The number of benzene rings is 4. The lowest BCUT2D eigenvalue weighted by molar-refractivity contribution is 0.0960. The highest BCUT2D eigenvalue weighted by Crippen LogP contribution is 2.50. The number of aromatic hydroxyl groups is 1. The van der Waals surface area contributed by atoms with Gasteiger partial charge in [-0.2, -0.15) is 0 Å². The van der Waals surface area contributed by atoms with Crippen LogP contribution in [0, 0.1) is 6.92 Å². The number of carbonyl (C=O) groups is 1. The van der Waals surface area contributed by atoms with Crippen molar-refractivity contribution >= 4 is 33.1 Å². The molecule has 4 aromatic rings. The Kier molecular flexibility index (Phi) is 7.77. The van der Waals surface area contributed by atoms with Crippen molar-refractivity contribution < 1.29 is 18.3 Å². The molecule has 1 aliphatic heterocycles. The standard InChI is InChI=1S/C36H38ClNO4S/c1-22-12-18-26(19-13-22)43(41,42)38-30-11-9-8-10-27(30)31(32(38)33(39)23-14-16-25(37)17-15-23)24-20-28(35(2,3)4)34(40)29(21-24)36(5,6)7/h8-21,31-32,40H,1-7H3/t31-,32-/m1/s1. The van der Waals surface area contributed by atoms with Crippen LogP contribution in [0.2, 0.25) is 5.02 Å². The number of halogens is 1. The minimum absolute atomic E-state index is 0.110. The van der Waals surface area contributed by atoms with E-state index in [-0.39, 0.29) is 16.4 Å². The van der Waals surface area contributed by atoms with Crippen molar-refractivity contribution in [3.63, 3.8) is 0 Å². The lowest BCUT2D eigenvalue weighted by Crippen LogP contribution is -2.45. The van der Waals surface area contributed by atoms with Crippen LogP contribution < -0.4 is 4.31 Å². The Balaban J connectivity index is 1.83. The van der Waals surface area contributed by atoms with Crippen LogP contribution in [0.3, 0.4) is 0 Å². The summed E-state index contributed by atoms with van der Waals surface area (Å²) in [6, 6.07) is 23.3. The van der Waals surface area contributed by atoms with Gasteiger partial charge in [-0.25, -0.2) is 8.42 Å². The molecule has 0 unspecified atom stereocenters. The second kappa shape index (κ2) is 10.8. The van der Waals surface area contributed by atoms with Crippen LogP contribution >= 0.6 is 11.6 Å². The molecule has 0 spiro atoms.